The Morgan fingerprint density at radius 1 is 0.826 bits per heavy atom. The molecule has 3 heteroatoms. The molecule has 0 atom stereocenters. The molecule has 0 heterocycles. The summed E-state index contributed by atoms with van der Waals surface area (Å²) in [7, 11) is 0. The van der Waals surface area contributed by atoms with Gasteiger partial charge in [0.2, 0.25) is 0 Å². The highest BCUT2D eigenvalue weighted by Gasteiger charge is 2.02. The lowest BCUT2D eigenvalue weighted by atomic mass is 10.1. The number of benzene rings is 2. The normalized spacial score (nSPS) is 12.3. The highest BCUT2D eigenvalue weighted by molar-refractivity contribution is 5.65. The van der Waals surface area contributed by atoms with Gasteiger partial charge < -0.3 is 14.9 Å². The van der Waals surface area contributed by atoms with E-state index in [1.807, 2.05) is 62.4 Å². The summed E-state index contributed by atoms with van der Waals surface area (Å²) in [6, 6.07) is 15.5. The quantitative estimate of drug-likeness (QED) is 0.837. The van der Waals surface area contributed by atoms with Crippen molar-refractivity contribution in [3.05, 3.63) is 71.8 Å². The van der Waals surface area contributed by atoms with Crippen LogP contribution in [0.2, 0.25) is 0 Å². The molecule has 0 saturated heterocycles. The molecule has 0 saturated carbocycles. The minimum atomic E-state index is 0.0269. The molecule has 0 aliphatic carbocycles. The van der Waals surface area contributed by atoms with Gasteiger partial charge in [-0.15, -0.1) is 0 Å². The van der Waals surface area contributed by atoms with Gasteiger partial charge in [0.05, 0.1) is 13.2 Å². The summed E-state index contributed by atoms with van der Waals surface area (Å²) < 4.78 is 5.88. The molecule has 0 aromatic heterocycles. The second kappa shape index (κ2) is 8.32. The lowest BCUT2D eigenvalue weighted by Gasteiger charge is -2.09. The second-order valence-corrected chi connectivity index (χ2v) is 5.29. The van der Waals surface area contributed by atoms with Crippen LogP contribution in [0.5, 0.6) is 11.5 Å². The van der Waals surface area contributed by atoms with E-state index in [0.29, 0.717) is 0 Å². The van der Waals surface area contributed by atoms with Crippen LogP contribution in [0, 0.1) is 0 Å². The largest absolute Gasteiger partial charge is 0.457 e. The number of hydrogen-bond donors (Lipinski definition) is 2. The summed E-state index contributed by atoms with van der Waals surface area (Å²) >= 11 is 0. The smallest absolute Gasteiger partial charge is 0.128 e. The molecule has 23 heavy (non-hydrogen) atoms. The van der Waals surface area contributed by atoms with Crippen molar-refractivity contribution in [2.45, 2.75) is 13.8 Å². The monoisotopic (exact) mass is 310 g/mol. The minimum Gasteiger partial charge on any atom is -0.457 e. The minimum absolute atomic E-state index is 0.0269. The van der Waals surface area contributed by atoms with E-state index in [2.05, 4.69) is 0 Å². The molecule has 0 amide bonds. The zero-order chi connectivity index (χ0) is 16.7. The fraction of sp³-hybridized carbons (Fsp3) is 0.200. The van der Waals surface area contributed by atoms with Crippen LogP contribution in [-0.2, 0) is 0 Å². The van der Waals surface area contributed by atoms with Crippen LogP contribution in [-0.4, -0.2) is 23.4 Å². The van der Waals surface area contributed by atoms with Crippen LogP contribution in [0.15, 0.2) is 60.7 Å². The lowest BCUT2D eigenvalue weighted by Crippen LogP contribution is -1.88. The molecular formula is C20H22O3. The predicted octanol–water partition coefficient (Wildman–Crippen LogP) is 4.27. The average molecular weight is 310 g/mol. The van der Waals surface area contributed by atoms with E-state index in [0.717, 1.165) is 33.8 Å². The van der Waals surface area contributed by atoms with Gasteiger partial charge >= 0.3 is 0 Å². The van der Waals surface area contributed by atoms with Crippen molar-refractivity contribution in [2.24, 2.45) is 0 Å². The third-order valence-electron chi connectivity index (χ3n) is 3.63. The molecule has 2 rings (SSSR count). The molecule has 0 radical (unpaired) electrons. The Morgan fingerprint density at radius 3 is 2.04 bits per heavy atom. The van der Waals surface area contributed by atoms with E-state index in [9.17, 15) is 0 Å². The van der Waals surface area contributed by atoms with Gasteiger partial charge in [-0.25, -0.2) is 0 Å². The van der Waals surface area contributed by atoms with Gasteiger partial charge in [0.15, 0.2) is 0 Å². The third kappa shape index (κ3) is 4.81. The maximum absolute atomic E-state index is 8.98. The Labute approximate surface area is 137 Å². The average Bonchev–Trinajstić information content (AvgIpc) is 2.56. The molecule has 0 aliphatic heterocycles. The van der Waals surface area contributed by atoms with Crippen LogP contribution in [0.1, 0.15) is 25.0 Å². The first-order chi connectivity index (χ1) is 11.1. The molecule has 2 aromatic carbocycles. The van der Waals surface area contributed by atoms with Gasteiger partial charge in [0.25, 0.3) is 0 Å². The van der Waals surface area contributed by atoms with Crippen molar-refractivity contribution >= 4 is 11.1 Å². The molecule has 120 valence electrons. The number of rotatable bonds is 6. The number of aliphatic hydroxyl groups is 2. The molecule has 0 spiro atoms. The van der Waals surface area contributed by atoms with E-state index in [1.165, 1.54) is 0 Å². The van der Waals surface area contributed by atoms with Crippen molar-refractivity contribution in [3.63, 3.8) is 0 Å². The molecular weight excluding hydrogens is 288 g/mol. The Bertz CT molecular complexity index is 697. The molecule has 2 N–H and O–H groups in total. The van der Waals surface area contributed by atoms with Gasteiger partial charge in [0.1, 0.15) is 11.5 Å². The van der Waals surface area contributed by atoms with E-state index in [1.54, 1.807) is 12.2 Å². The molecule has 0 fully saturated rings. The summed E-state index contributed by atoms with van der Waals surface area (Å²) in [5.74, 6) is 1.51. The van der Waals surface area contributed by atoms with Crippen LogP contribution < -0.4 is 4.74 Å². The fourth-order valence-electron chi connectivity index (χ4n) is 2.24. The number of allylic oxidation sites excluding steroid dienone is 2. The van der Waals surface area contributed by atoms with Gasteiger partial charge in [-0.3, -0.25) is 0 Å². The van der Waals surface area contributed by atoms with E-state index in [-0.39, 0.29) is 13.2 Å². The van der Waals surface area contributed by atoms with Crippen LogP contribution in [0.25, 0.3) is 11.1 Å². The molecule has 0 unspecified atom stereocenters. The summed E-state index contributed by atoms with van der Waals surface area (Å²) in [5, 5.41) is 17.9. The second-order valence-electron chi connectivity index (χ2n) is 5.29. The van der Waals surface area contributed by atoms with Crippen LogP contribution >= 0.6 is 0 Å². The summed E-state index contributed by atoms with van der Waals surface area (Å²) in [4.78, 5) is 0. The number of aliphatic hydroxyl groups excluding tert-OH is 2. The zero-order valence-electron chi connectivity index (χ0n) is 13.5. The summed E-state index contributed by atoms with van der Waals surface area (Å²) in [5.41, 5.74) is 4.13. The van der Waals surface area contributed by atoms with Crippen LogP contribution in [0.4, 0.5) is 0 Å². The predicted molar refractivity (Wildman–Crippen MR) is 94.4 cm³/mol. The highest BCUT2D eigenvalue weighted by atomic mass is 16.5. The van der Waals surface area contributed by atoms with Crippen molar-refractivity contribution in [3.8, 4) is 11.5 Å². The maximum atomic E-state index is 8.98. The molecule has 2 aromatic rings. The first kappa shape index (κ1) is 17.0. The molecule has 0 bridgehead atoms. The summed E-state index contributed by atoms with van der Waals surface area (Å²) in [6.07, 6.45) is 3.54. The number of ether oxygens (including phenoxy) is 1. The van der Waals surface area contributed by atoms with Crippen molar-refractivity contribution in [1.29, 1.82) is 0 Å². The van der Waals surface area contributed by atoms with Crippen molar-refractivity contribution in [1.82, 2.24) is 0 Å². The Kier molecular flexibility index (Phi) is 6.15. The molecule has 3 nitrogen and oxygen atoms in total. The SMILES string of the molecule is C/C(=C\CO)c1ccc(Oc2cccc(/C(C)=C/CO)c2)cc1. The van der Waals surface area contributed by atoms with Gasteiger partial charge in [-0.05, 0) is 60.4 Å². The first-order valence-corrected chi connectivity index (χ1v) is 7.58. The standard InChI is InChI=1S/C20H22O3/c1-15(10-12-21)17-6-8-19(9-7-17)23-20-5-3-4-18(14-20)16(2)11-13-22/h3-11,14,21-22H,12-13H2,1-2H3/b15-10+,16-11+. The zero-order valence-corrected chi connectivity index (χ0v) is 13.5. The van der Waals surface area contributed by atoms with Crippen molar-refractivity contribution < 1.29 is 14.9 Å². The molecule has 0 aliphatic rings. The number of hydrogen-bond acceptors (Lipinski definition) is 3. The fourth-order valence-corrected chi connectivity index (χ4v) is 2.24. The van der Waals surface area contributed by atoms with Crippen LogP contribution in [0.3, 0.4) is 0 Å². The Balaban J connectivity index is 2.15. The van der Waals surface area contributed by atoms with Gasteiger partial charge in [-0.1, -0.05) is 36.4 Å². The third-order valence-corrected chi connectivity index (χ3v) is 3.63. The highest BCUT2D eigenvalue weighted by Crippen LogP contribution is 2.26. The summed E-state index contributed by atoms with van der Waals surface area (Å²) in [6.45, 7) is 3.99. The van der Waals surface area contributed by atoms with E-state index >= 15 is 0 Å². The van der Waals surface area contributed by atoms with E-state index < -0.39 is 0 Å². The van der Waals surface area contributed by atoms with E-state index in [4.69, 9.17) is 14.9 Å². The lowest BCUT2D eigenvalue weighted by molar-refractivity contribution is 0.343. The first-order valence-electron chi connectivity index (χ1n) is 7.58. The van der Waals surface area contributed by atoms with Gasteiger partial charge in [0, 0.05) is 0 Å². The van der Waals surface area contributed by atoms with Gasteiger partial charge in [-0.2, -0.15) is 0 Å². The maximum Gasteiger partial charge on any atom is 0.128 e. The Hall–Kier alpha value is -2.36. The van der Waals surface area contributed by atoms with Crippen molar-refractivity contribution in [2.75, 3.05) is 13.2 Å². The Morgan fingerprint density at radius 2 is 1.43 bits per heavy atom. The topological polar surface area (TPSA) is 49.7 Å².